The molecule has 0 fully saturated rings. The van der Waals surface area contributed by atoms with Gasteiger partial charge in [-0.15, -0.1) is 0 Å². The van der Waals surface area contributed by atoms with Crippen molar-refractivity contribution in [2.45, 2.75) is 19.8 Å². The van der Waals surface area contributed by atoms with Gasteiger partial charge in [0.25, 0.3) is 0 Å². The average Bonchev–Trinajstić information content (AvgIpc) is 2.40. The Morgan fingerprint density at radius 3 is 2.63 bits per heavy atom. The van der Waals surface area contributed by atoms with Gasteiger partial charge in [-0.1, -0.05) is 0 Å². The van der Waals surface area contributed by atoms with Gasteiger partial charge in [0.2, 0.25) is 0 Å². The molecule has 0 radical (unpaired) electrons. The van der Waals surface area contributed by atoms with Crippen LogP contribution in [0, 0.1) is 0 Å². The summed E-state index contributed by atoms with van der Waals surface area (Å²) in [5.41, 5.74) is 0. The topological polar surface area (TPSA) is 20.3 Å². The number of hydrogen-bond acceptors (Lipinski definition) is 1. The van der Waals surface area contributed by atoms with Crippen LogP contribution in [0.15, 0.2) is 53.5 Å². The molecule has 0 aliphatic heterocycles. The van der Waals surface area contributed by atoms with E-state index in [1.165, 1.54) is 8.93 Å². The van der Waals surface area contributed by atoms with Crippen molar-refractivity contribution in [3.8, 4) is 0 Å². The van der Waals surface area contributed by atoms with Crippen LogP contribution in [0.4, 0.5) is 0 Å². The van der Waals surface area contributed by atoms with Gasteiger partial charge in [-0.25, -0.2) is 0 Å². The van der Waals surface area contributed by atoms with Gasteiger partial charge in [0.1, 0.15) is 0 Å². The summed E-state index contributed by atoms with van der Waals surface area (Å²) >= 11 is 0.238. The molecule has 1 rings (SSSR count). The molecule has 2 nitrogen and oxygen atoms in total. The molecule has 1 aromatic carbocycles. The van der Waals surface area contributed by atoms with E-state index in [4.69, 9.17) is 0 Å². The fourth-order valence-electron chi connectivity index (χ4n) is 1.57. The first-order valence-corrected chi connectivity index (χ1v) is 8.18. The second-order valence-corrected chi connectivity index (χ2v) is 6.80. The molecule has 3 heteroatoms. The van der Waals surface area contributed by atoms with E-state index in [0.717, 1.165) is 12.8 Å². The summed E-state index contributed by atoms with van der Waals surface area (Å²) in [7, 11) is 1.81. The number of hydrogen-bond donors (Lipinski definition) is 0. The number of carbonyl (C=O) groups is 1. The van der Waals surface area contributed by atoms with Crippen LogP contribution in [0.25, 0.3) is 0 Å². The molecule has 0 aliphatic rings. The minimum absolute atomic E-state index is 0.0705. The van der Waals surface area contributed by atoms with Crippen LogP contribution in [0.2, 0.25) is 0 Å². The molecule has 0 aromatic heterocycles. The molecule has 1 amide bonds. The van der Waals surface area contributed by atoms with Crippen molar-refractivity contribution in [1.82, 2.24) is 4.90 Å². The summed E-state index contributed by atoms with van der Waals surface area (Å²) in [5, 5.41) is 0. The van der Waals surface area contributed by atoms with Crippen LogP contribution in [-0.2, 0) is 4.79 Å². The van der Waals surface area contributed by atoms with Crippen LogP contribution in [0.5, 0.6) is 0 Å². The summed E-state index contributed by atoms with van der Waals surface area (Å²) in [6, 6.07) is 10.4. The van der Waals surface area contributed by atoms with E-state index >= 15 is 0 Å². The first kappa shape index (κ1) is 15.7. The molecule has 19 heavy (non-hydrogen) atoms. The molecular weight excluding hydrogens is 301 g/mol. The van der Waals surface area contributed by atoms with Gasteiger partial charge in [-0.05, 0) is 0 Å². The SMILES string of the molecule is C=CCN(C)C(=O)/C=C(/CCC)[Se]c1ccccc1. The third-order valence-corrected chi connectivity index (χ3v) is 4.84. The standard InChI is InChI=1S/C16H21NOSe/c1-4-9-15(13-16(18)17(3)12-5-2)19-14-10-7-6-8-11-14/h5-8,10-11,13H,2,4,9,12H2,1,3H3/b15-13-. The summed E-state index contributed by atoms with van der Waals surface area (Å²) < 4.78 is 2.57. The van der Waals surface area contributed by atoms with Crippen molar-refractivity contribution in [2.75, 3.05) is 13.6 Å². The van der Waals surface area contributed by atoms with Crippen molar-refractivity contribution in [3.05, 3.63) is 53.5 Å². The Morgan fingerprint density at radius 2 is 2.05 bits per heavy atom. The molecule has 0 unspecified atom stereocenters. The van der Waals surface area contributed by atoms with Gasteiger partial charge >= 0.3 is 122 Å². The van der Waals surface area contributed by atoms with E-state index in [2.05, 4.69) is 25.6 Å². The number of rotatable bonds is 7. The van der Waals surface area contributed by atoms with E-state index in [9.17, 15) is 4.79 Å². The summed E-state index contributed by atoms with van der Waals surface area (Å²) in [4.78, 5) is 13.7. The van der Waals surface area contributed by atoms with Crippen LogP contribution < -0.4 is 4.46 Å². The normalized spacial score (nSPS) is 11.2. The van der Waals surface area contributed by atoms with Gasteiger partial charge in [-0.2, -0.15) is 0 Å². The third-order valence-electron chi connectivity index (χ3n) is 2.55. The zero-order chi connectivity index (χ0) is 14.1. The van der Waals surface area contributed by atoms with Crippen molar-refractivity contribution in [3.63, 3.8) is 0 Å². The second-order valence-electron chi connectivity index (χ2n) is 4.28. The average molecular weight is 322 g/mol. The van der Waals surface area contributed by atoms with Crippen molar-refractivity contribution >= 4 is 25.3 Å². The second kappa shape index (κ2) is 8.73. The Kier molecular flexibility index (Phi) is 7.24. The predicted molar refractivity (Wildman–Crippen MR) is 82.7 cm³/mol. The molecule has 0 heterocycles. The molecule has 0 spiro atoms. The van der Waals surface area contributed by atoms with E-state index in [-0.39, 0.29) is 20.9 Å². The number of carbonyl (C=O) groups excluding carboxylic acids is 1. The number of likely N-dealkylation sites (N-methyl/N-ethyl adjacent to an activating group) is 1. The number of benzene rings is 1. The maximum absolute atomic E-state index is 12.0. The molecule has 0 N–H and O–H groups in total. The van der Waals surface area contributed by atoms with Crippen molar-refractivity contribution in [1.29, 1.82) is 0 Å². The van der Waals surface area contributed by atoms with E-state index in [0.29, 0.717) is 6.54 Å². The Morgan fingerprint density at radius 1 is 1.37 bits per heavy atom. The fraction of sp³-hybridized carbons (Fsp3) is 0.312. The first-order chi connectivity index (χ1) is 9.17. The molecule has 102 valence electrons. The first-order valence-electron chi connectivity index (χ1n) is 6.46. The number of nitrogens with zero attached hydrogens (tertiary/aromatic N) is 1. The monoisotopic (exact) mass is 323 g/mol. The van der Waals surface area contributed by atoms with Crippen LogP contribution in [0.1, 0.15) is 19.8 Å². The van der Waals surface area contributed by atoms with Gasteiger partial charge in [0, 0.05) is 0 Å². The maximum atomic E-state index is 12.0. The van der Waals surface area contributed by atoms with Crippen LogP contribution in [-0.4, -0.2) is 39.4 Å². The summed E-state index contributed by atoms with van der Waals surface area (Å²) in [5.74, 6) is 0.0705. The Labute approximate surface area is 122 Å². The molecule has 0 saturated carbocycles. The van der Waals surface area contributed by atoms with Gasteiger partial charge in [-0.3, -0.25) is 0 Å². The predicted octanol–water partition coefficient (Wildman–Crippen LogP) is 2.34. The van der Waals surface area contributed by atoms with Crippen molar-refractivity contribution < 1.29 is 4.79 Å². The molecule has 0 saturated heterocycles. The minimum atomic E-state index is 0.0705. The third kappa shape index (κ3) is 5.91. The molecular formula is C16H21NOSe. The fourth-order valence-corrected chi connectivity index (χ4v) is 3.80. The zero-order valence-electron chi connectivity index (χ0n) is 11.6. The summed E-state index contributed by atoms with van der Waals surface area (Å²) in [6.07, 6.45) is 5.61. The number of allylic oxidation sites excluding steroid dienone is 1. The molecule has 0 atom stereocenters. The van der Waals surface area contributed by atoms with E-state index in [1.807, 2.05) is 18.2 Å². The van der Waals surface area contributed by atoms with E-state index < -0.39 is 0 Å². The van der Waals surface area contributed by atoms with Gasteiger partial charge in [0.05, 0.1) is 0 Å². The summed E-state index contributed by atoms with van der Waals surface area (Å²) in [6.45, 7) is 6.39. The molecule has 0 bridgehead atoms. The van der Waals surface area contributed by atoms with Gasteiger partial charge in [0.15, 0.2) is 0 Å². The van der Waals surface area contributed by atoms with Gasteiger partial charge < -0.3 is 0 Å². The van der Waals surface area contributed by atoms with Crippen LogP contribution >= 0.6 is 0 Å². The Bertz CT molecular complexity index is 439. The van der Waals surface area contributed by atoms with Crippen molar-refractivity contribution in [2.24, 2.45) is 0 Å². The number of amides is 1. The Hall–Kier alpha value is -1.31. The molecule has 1 aromatic rings. The quantitative estimate of drug-likeness (QED) is 0.429. The van der Waals surface area contributed by atoms with Crippen LogP contribution in [0.3, 0.4) is 0 Å². The van der Waals surface area contributed by atoms with E-state index in [1.54, 1.807) is 24.1 Å². The zero-order valence-corrected chi connectivity index (χ0v) is 13.3. The molecule has 0 aliphatic carbocycles. The Balaban J connectivity index is 2.76.